The number of urea groups is 1. The number of hydrogen-bond donors (Lipinski definition) is 2. The first kappa shape index (κ1) is 14.1. The number of carbonyl (C=O) groups excluding carboxylic acids is 1. The molecule has 1 fully saturated rings. The van der Waals surface area contributed by atoms with Crippen LogP contribution in [0.2, 0.25) is 0 Å². The van der Waals surface area contributed by atoms with E-state index in [4.69, 9.17) is 4.74 Å². The van der Waals surface area contributed by atoms with Gasteiger partial charge in [0.05, 0.1) is 6.04 Å². The zero-order valence-electron chi connectivity index (χ0n) is 12.9. The Kier molecular flexibility index (Phi) is 3.66. The minimum Gasteiger partial charge on any atom is -0.491 e. The second-order valence-corrected chi connectivity index (χ2v) is 6.30. The molecular formula is C19H20N2O2. The third-order valence-corrected chi connectivity index (χ3v) is 4.55. The monoisotopic (exact) mass is 308 g/mol. The molecule has 2 N–H and O–H groups in total. The maximum absolute atomic E-state index is 12.2. The lowest BCUT2D eigenvalue weighted by atomic mass is 10.0. The quantitative estimate of drug-likeness (QED) is 0.916. The molecule has 0 saturated heterocycles. The fourth-order valence-corrected chi connectivity index (χ4v) is 3.24. The summed E-state index contributed by atoms with van der Waals surface area (Å²) in [6, 6.07) is 18.5. The Morgan fingerprint density at radius 1 is 1.00 bits per heavy atom. The largest absolute Gasteiger partial charge is 0.491 e. The SMILES string of the molecule is O=C(NC1COc2ccccc2C1)N[C@@H]1C[C@H]1c1ccccc1. The van der Waals surface area contributed by atoms with E-state index in [1.54, 1.807) is 0 Å². The Bertz CT molecular complexity index is 702. The first-order chi connectivity index (χ1) is 11.3. The number of fused-ring (bicyclic) bond motifs is 1. The molecule has 2 aromatic carbocycles. The summed E-state index contributed by atoms with van der Waals surface area (Å²) >= 11 is 0. The Morgan fingerprint density at radius 3 is 2.65 bits per heavy atom. The maximum Gasteiger partial charge on any atom is 0.315 e. The van der Waals surface area contributed by atoms with E-state index in [1.165, 1.54) is 5.56 Å². The number of amides is 2. The zero-order chi connectivity index (χ0) is 15.6. The lowest BCUT2D eigenvalue weighted by molar-refractivity contribution is 0.214. The molecular weight excluding hydrogens is 288 g/mol. The molecule has 0 aromatic heterocycles. The van der Waals surface area contributed by atoms with Crippen LogP contribution < -0.4 is 15.4 Å². The molecule has 1 aliphatic heterocycles. The molecule has 1 saturated carbocycles. The Balaban J connectivity index is 1.29. The highest BCUT2D eigenvalue weighted by atomic mass is 16.5. The number of nitrogens with one attached hydrogen (secondary N) is 2. The molecule has 4 heteroatoms. The van der Waals surface area contributed by atoms with Gasteiger partial charge in [0.1, 0.15) is 12.4 Å². The Labute approximate surface area is 135 Å². The van der Waals surface area contributed by atoms with Crippen LogP contribution in [0.4, 0.5) is 4.79 Å². The van der Waals surface area contributed by atoms with Crippen LogP contribution in [0.15, 0.2) is 54.6 Å². The van der Waals surface area contributed by atoms with Gasteiger partial charge in [-0.1, -0.05) is 48.5 Å². The fraction of sp³-hybridized carbons (Fsp3) is 0.316. The van der Waals surface area contributed by atoms with E-state index >= 15 is 0 Å². The molecule has 2 aliphatic rings. The van der Waals surface area contributed by atoms with Crippen molar-refractivity contribution >= 4 is 6.03 Å². The molecule has 4 nitrogen and oxygen atoms in total. The highest BCUT2D eigenvalue weighted by molar-refractivity contribution is 5.75. The van der Waals surface area contributed by atoms with Crippen LogP contribution in [0, 0.1) is 0 Å². The van der Waals surface area contributed by atoms with Crippen LogP contribution in [0.5, 0.6) is 5.75 Å². The van der Waals surface area contributed by atoms with Crippen LogP contribution in [0.1, 0.15) is 23.5 Å². The van der Waals surface area contributed by atoms with E-state index < -0.39 is 0 Å². The average molecular weight is 308 g/mol. The minimum absolute atomic E-state index is 0.0267. The first-order valence-corrected chi connectivity index (χ1v) is 8.12. The summed E-state index contributed by atoms with van der Waals surface area (Å²) in [6.45, 7) is 0.525. The standard InChI is InChI=1S/C19H20N2O2/c22-19(21-17-11-16(17)13-6-2-1-3-7-13)20-15-10-14-8-4-5-9-18(14)23-12-15/h1-9,15-17H,10-12H2,(H2,20,21,22)/t15?,16-,17+/m0/s1. The van der Waals surface area contributed by atoms with Crippen molar-refractivity contribution < 1.29 is 9.53 Å². The number of ether oxygens (including phenoxy) is 1. The Morgan fingerprint density at radius 2 is 1.78 bits per heavy atom. The molecule has 1 unspecified atom stereocenters. The van der Waals surface area contributed by atoms with E-state index in [2.05, 4.69) is 22.8 Å². The summed E-state index contributed by atoms with van der Waals surface area (Å²) in [5, 5.41) is 6.10. The predicted molar refractivity (Wildman–Crippen MR) is 88.7 cm³/mol. The van der Waals surface area contributed by atoms with Gasteiger partial charge in [0, 0.05) is 12.0 Å². The molecule has 0 radical (unpaired) electrons. The van der Waals surface area contributed by atoms with E-state index in [0.29, 0.717) is 12.5 Å². The molecule has 2 amide bonds. The smallest absolute Gasteiger partial charge is 0.315 e. The number of carbonyl (C=O) groups is 1. The van der Waals surface area contributed by atoms with Gasteiger partial charge in [-0.2, -0.15) is 0 Å². The summed E-state index contributed by atoms with van der Waals surface area (Å²) in [5.41, 5.74) is 2.45. The van der Waals surface area contributed by atoms with Gasteiger partial charge in [-0.25, -0.2) is 4.79 Å². The molecule has 23 heavy (non-hydrogen) atoms. The molecule has 1 aliphatic carbocycles. The lowest BCUT2D eigenvalue weighted by Gasteiger charge is -2.26. The molecule has 4 rings (SSSR count). The topological polar surface area (TPSA) is 50.4 Å². The number of para-hydroxylation sites is 1. The number of benzene rings is 2. The molecule has 118 valence electrons. The molecule has 0 bridgehead atoms. The van der Waals surface area contributed by atoms with Crippen LogP contribution in [0.3, 0.4) is 0 Å². The van der Waals surface area contributed by atoms with Crippen LogP contribution >= 0.6 is 0 Å². The van der Waals surface area contributed by atoms with E-state index in [9.17, 15) is 4.79 Å². The second kappa shape index (κ2) is 5.95. The fourth-order valence-electron chi connectivity index (χ4n) is 3.24. The minimum atomic E-state index is -0.0959. The third-order valence-electron chi connectivity index (χ3n) is 4.55. The van der Waals surface area contributed by atoms with E-state index in [0.717, 1.165) is 24.2 Å². The van der Waals surface area contributed by atoms with Crippen LogP contribution in [-0.4, -0.2) is 24.7 Å². The summed E-state index contributed by atoms with van der Waals surface area (Å²) in [6.07, 6.45) is 1.83. The Hall–Kier alpha value is -2.49. The van der Waals surface area contributed by atoms with Crippen molar-refractivity contribution in [1.29, 1.82) is 0 Å². The van der Waals surface area contributed by atoms with Crippen molar-refractivity contribution in [3.8, 4) is 5.75 Å². The van der Waals surface area contributed by atoms with Gasteiger partial charge >= 0.3 is 6.03 Å². The van der Waals surface area contributed by atoms with Crippen molar-refractivity contribution in [2.24, 2.45) is 0 Å². The van der Waals surface area contributed by atoms with E-state index in [-0.39, 0.29) is 18.1 Å². The van der Waals surface area contributed by atoms with Gasteiger partial charge in [0.2, 0.25) is 0 Å². The highest BCUT2D eigenvalue weighted by Crippen LogP contribution is 2.40. The molecule has 3 atom stereocenters. The van der Waals surface area contributed by atoms with Gasteiger partial charge in [0.15, 0.2) is 0 Å². The maximum atomic E-state index is 12.2. The molecule has 0 spiro atoms. The molecule has 2 aromatic rings. The summed E-state index contributed by atoms with van der Waals surface area (Å²) in [5.74, 6) is 1.38. The predicted octanol–water partition coefficient (Wildman–Crippen LogP) is 2.85. The zero-order valence-corrected chi connectivity index (χ0v) is 12.9. The van der Waals surface area contributed by atoms with Gasteiger partial charge in [0.25, 0.3) is 0 Å². The number of hydrogen-bond acceptors (Lipinski definition) is 2. The van der Waals surface area contributed by atoms with Crippen molar-refractivity contribution in [1.82, 2.24) is 10.6 Å². The van der Waals surface area contributed by atoms with Crippen LogP contribution in [0.25, 0.3) is 0 Å². The van der Waals surface area contributed by atoms with Crippen molar-refractivity contribution in [3.63, 3.8) is 0 Å². The van der Waals surface area contributed by atoms with E-state index in [1.807, 2.05) is 42.5 Å². The van der Waals surface area contributed by atoms with Gasteiger partial charge in [-0.05, 0) is 30.0 Å². The highest BCUT2D eigenvalue weighted by Gasteiger charge is 2.39. The first-order valence-electron chi connectivity index (χ1n) is 8.12. The van der Waals surface area contributed by atoms with Crippen molar-refractivity contribution in [2.45, 2.75) is 30.8 Å². The second-order valence-electron chi connectivity index (χ2n) is 6.30. The lowest BCUT2D eigenvalue weighted by Crippen LogP contribution is -2.47. The van der Waals surface area contributed by atoms with Crippen LogP contribution in [-0.2, 0) is 6.42 Å². The van der Waals surface area contributed by atoms with Crippen molar-refractivity contribution in [3.05, 3.63) is 65.7 Å². The van der Waals surface area contributed by atoms with Gasteiger partial charge in [-0.3, -0.25) is 0 Å². The molecule has 1 heterocycles. The summed E-state index contributed by atoms with van der Waals surface area (Å²) in [4.78, 5) is 12.2. The summed E-state index contributed by atoms with van der Waals surface area (Å²) in [7, 11) is 0. The summed E-state index contributed by atoms with van der Waals surface area (Å²) < 4.78 is 5.71. The average Bonchev–Trinajstić information content (AvgIpc) is 3.34. The number of rotatable bonds is 3. The van der Waals surface area contributed by atoms with Gasteiger partial charge in [-0.15, -0.1) is 0 Å². The van der Waals surface area contributed by atoms with Crippen molar-refractivity contribution in [2.75, 3.05) is 6.61 Å². The normalized spacial score (nSPS) is 25.0. The van der Waals surface area contributed by atoms with Gasteiger partial charge < -0.3 is 15.4 Å². The third kappa shape index (κ3) is 3.16.